The van der Waals surface area contributed by atoms with Crippen molar-refractivity contribution in [3.63, 3.8) is 0 Å². The summed E-state index contributed by atoms with van der Waals surface area (Å²) in [7, 11) is 0. The first-order valence-electron chi connectivity index (χ1n) is 5.84. The molecule has 0 fully saturated rings. The van der Waals surface area contributed by atoms with E-state index in [1.807, 2.05) is 0 Å². The zero-order valence-electron chi connectivity index (χ0n) is 11.1. The van der Waals surface area contributed by atoms with Crippen molar-refractivity contribution in [1.82, 2.24) is 0 Å². The summed E-state index contributed by atoms with van der Waals surface area (Å²) in [6, 6.07) is 0. The van der Waals surface area contributed by atoms with Crippen molar-refractivity contribution in [1.29, 1.82) is 0 Å². The predicted octanol–water partition coefficient (Wildman–Crippen LogP) is 1.99. The summed E-state index contributed by atoms with van der Waals surface area (Å²) in [4.78, 5) is 22.6. The van der Waals surface area contributed by atoms with Crippen LogP contribution >= 0.6 is 0 Å². The van der Waals surface area contributed by atoms with Crippen molar-refractivity contribution in [2.24, 2.45) is 0 Å². The minimum Gasteiger partial charge on any atom is -0.481 e. The fourth-order valence-corrected chi connectivity index (χ4v) is 1.56. The summed E-state index contributed by atoms with van der Waals surface area (Å²) in [5.41, 5.74) is 0. The van der Waals surface area contributed by atoms with Crippen molar-refractivity contribution in [2.75, 3.05) is 0 Å². The number of carboxylic acids is 1. The summed E-state index contributed by atoms with van der Waals surface area (Å²) in [6.07, 6.45) is -0.735. The largest absolute Gasteiger partial charge is 0.481 e. The van der Waals surface area contributed by atoms with Gasteiger partial charge < -0.3 is 14.6 Å². The van der Waals surface area contributed by atoms with Gasteiger partial charge in [-0.2, -0.15) is 0 Å². The molecule has 0 unspecified atom stereocenters. The third-order valence-corrected chi connectivity index (χ3v) is 2.05. The number of ketones is 1. The van der Waals surface area contributed by atoms with Crippen molar-refractivity contribution < 1.29 is 24.2 Å². The van der Waals surface area contributed by atoms with Gasteiger partial charge >= 0.3 is 5.97 Å². The number of hydrogen-bond acceptors (Lipinski definition) is 4. The second-order valence-electron chi connectivity index (χ2n) is 4.43. The topological polar surface area (TPSA) is 72.8 Å². The maximum atomic E-state index is 11.9. The Kier molecular flexibility index (Phi) is 6.34. The molecule has 0 aromatic carbocycles. The lowest BCUT2D eigenvalue weighted by Crippen LogP contribution is -2.47. The van der Waals surface area contributed by atoms with Crippen LogP contribution in [0.15, 0.2) is 0 Å². The normalized spacial score (nSPS) is 12.2. The molecule has 0 amide bonds. The molecule has 0 heterocycles. The number of carbonyl (C=O) groups excluding carboxylic acids is 1. The van der Waals surface area contributed by atoms with Crippen LogP contribution in [-0.2, 0) is 19.1 Å². The monoisotopic (exact) mass is 246 g/mol. The highest BCUT2D eigenvalue weighted by Crippen LogP contribution is 2.25. The molecule has 0 rings (SSSR count). The Bertz CT molecular complexity index is 260. The lowest BCUT2D eigenvalue weighted by Gasteiger charge is -2.34. The van der Waals surface area contributed by atoms with Crippen LogP contribution in [0.1, 0.15) is 47.5 Å². The molecule has 0 saturated heterocycles. The van der Waals surface area contributed by atoms with E-state index in [1.54, 1.807) is 34.6 Å². The Morgan fingerprint density at radius 1 is 1.12 bits per heavy atom. The molecular weight excluding hydrogens is 224 g/mol. The van der Waals surface area contributed by atoms with Gasteiger partial charge in [0.05, 0.1) is 12.2 Å². The zero-order valence-corrected chi connectivity index (χ0v) is 11.1. The van der Waals surface area contributed by atoms with Crippen LogP contribution < -0.4 is 0 Å². The molecule has 5 nitrogen and oxygen atoms in total. The van der Waals surface area contributed by atoms with E-state index in [9.17, 15) is 9.59 Å². The van der Waals surface area contributed by atoms with E-state index in [0.717, 1.165) is 0 Å². The predicted molar refractivity (Wildman–Crippen MR) is 62.7 cm³/mol. The number of rotatable bonds is 8. The molecule has 1 N–H and O–H groups in total. The summed E-state index contributed by atoms with van der Waals surface area (Å²) in [5, 5.41) is 8.68. The van der Waals surface area contributed by atoms with Crippen LogP contribution in [0.2, 0.25) is 0 Å². The van der Waals surface area contributed by atoms with Crippen LogP contribution in [-0.4, -0.2) is 34.9 Å². The van der Waals surface area contributed by atoms with Crippen LogP contribution in [0.3, 0.4) is 0 Å². The molecule has 0 aromatic rings. The first kappa shape index (κ1) is 16.1. The second kappa shape index (κ2) is 6.71. The van der Waals surface area contributed by atoms with Gasteiger partial charge in [-0.25, -0.2) is 0 Å². The van der Waals surface area contributed by atoms with Gasteiger partial charge in [0.25, 0.3) is 0 Å². The lowest BCUT2D eigenvalue weighted by atomic mass is 10.0. The number of ether oxygens (including phenoxy) is 2. The Morgan fingerprint density at radius 3 is 1.76 bits per heavy atom. The van der Waals surface area contributed by atoms with Gasteiger partial charge in [-0.05, 0) is 27.7 Å². The number of carboxylic acid groups (broad SMARTS) is 1. The highest BCUT2D eigenvalue weighted by Gasteiger charge is 2.41. The minimum atomic E-state index is -1.44. The first-order valence-corrected chi connectivity index (χ1v) is 5.84. The molecule has 0 aliphatic rings. The van der Waals surface area contributed by atoms with Crippen molar-refractivity contribution >= 4 is 11.8 Å². The molecule has 0 saturated carbocycles. The number of aliphatic carboxylic acids is 1. The van der Waals surface area contributed by atoms with E-state index in [0.29, 0.717) is 0 Å². The van der Waals surface area contributed by atoms with Gasteiger partial charge in [0, 0.05) is 6.42 Å². The average molecular weight is 246 g/mol. The molecule has 0 aliphatic heterocycles. The van der Waals surface area contributed by atoms with E-state index in [-0.39, 0.29) is 18.6 Å². The number of hydrogen-bond donors (Lipinski definition) is 1. The lowest BCUT2D eigenvalue weighted by molar-refractivity contribution is -0.256. The number of Topliss-reactive ketones (excluding diaryl/α,β-unsaturated/α-hetero) is 1. The quantitative estimate of drug-likeness (QED) is 0.523. The molecule has 0 spiro atoms. The van der Waals surface area contributed by atoms with Gasteiger partial charge in [0.2, 0.25) is 11.6 Å². The molecule has 0 atom stereocenters. The summed E-state index contributed by atoms with van der Waals surface area (Å²) < 4.78 is 11.1. The van der Waals surface area contributed by atoms with E-state index in [4.69, 9.17) is 14.6 Å². The molecule has 5 heteroatoms. The van der Waals surface area contributed by atoms with Crippen LogP contribution in [0.4, 0.5) is 0 Å². The van der Waals surface area contributed by atoms with Gasteiger partial charge in [-0.1, -0.05) is 6.92 Å². The van der Waals surface area contributed by atoms with Gasteiger partial charge in [-0.15, -0.1) is 0 Å². The van der Waals surface area contributed by atoms with Crippen LogP contribution in [0, 0.1) is 0 Å². The molecule has 0 radical (unpaired) electrons. The Balaban J connectivity index is 5.02. The summed E-state index contributed by atoms with van der Waals surface area (Å²) in [5.74, 6) is -3.16. The summed E-state index contributed by atoms with van der Waals surface area (Å²) in [6.45, 7) is 8.86. The maximum absolute atomic E-state index is 11.9. The van der Waals surface area contributed by atoms with Crippen molar-refractivity contribution in [3.05, 3.63) is 0 Å². The highest BCUT2D eigenvalue weighted by atomic mass is 16.7. The molecule has 17 heavy (non-hydrogen) atoms. The van der Waals surface area contributed by atoms with Gasteiger partial charge in [-0.3, -0.25) is 9.59 Å². The fraction of sp³-hybridized carbons (Fsp3) is 0.833. The Morgan fingerprint density at radius 2 is 1.53 bits per heavy atom. The maximum Gasteiger partial charge on any atom is 0.311 e. The third kappa shape index (κ3) is 5.28. The van der Waals surface area contributed by atoms with E-state index in [2.05, 4.69) is 0 Å². The van der Waals surface area contributed by atoms with Crippen LogP contribution in [0.25, 0.3) is 0 Å². The number of carbonyl (C=O) groups is 2. The smallest absolute Gasteiger partial charge is 0.311 e. The third-order valence-electron chi connectivity index (χ3n) is 2.05. The molecule has 0 aliphatic carbocycles. The van der Waals surface area contributed by atoms with E-state index >= 15 is 0 Å². The minimum absolute atomic E-state index is 0.216. The summed E-state index contributed by atoms with van der Waals surface area (Å²) >= 11 is 0. The Labute approximate surface area is 102 Å². The van der Waals surface area contributed by atoms with Gasteiger partial charge in [0.1, 0.15) is 6.42 Å². The molecule has 0 bridgehead atoms. The molecule has 0 aromatic heterocycles. The van der Waals surface area contributed by atoms with Crippen molar-refractivity contribution in [3.8, 4) is 0 Å². The first-order chi connectivity index (χ1) is 7.73. The van der Waals surface area contributed by atoms with E-state index < -0.39 is 24.0 Å². The highest BCUT2D eigenvalue weighted by molar-refractivity contribution is 5.98. The average Bonchev–Trinajstić information content (AvgIpc) is 2.13. The van der Waals surface area contributed by atoms with Crippen LogP contribution in [0.5, 0.6) is 0 Å². The Hall–Kier alpha value is -0.940. The zero-order chi connectivity index (χ0) is 13.6. The van der Waals surface area contributed by atoms with Gasteiger partial charge in [0.15, 0.2) is 0 Å². The van der Waals surface area contributed by atoms with Crippen molar-refractivity contribution in [2.45, 2.75) is 65.5 Å². The standard InChI is InChI=1S/C12H22O5/c1-6-12(16-8(2)3,17-9(4)5)10(13)7-11(14)15/h8-9H,6-7H2,1-5H3,(H,14,15). The molecule has 100 valence electrons. The molecular formula is C12H22O5. The van der Waals surface area contributed by atoms with E-state index in [1.165, 1.54) is 0 Å². The second-order valence-corrected chi connectivity index (χ2v) is 4.43. The SMILES string of the molecule is CCC(OC(C)C)(OC(C)C)C(=O)CC(=O)O. The fourth-order valence-electron chi connectivity index (χ4n) is 1.56.